The summed E-state index contributed by atoms with van der Waals surface area (Å²) in [5.41, 5.74) is 0. The van der Waals surface area contributed by atoms with Crippen LogP contribution in [-0.4, -0.2) is 36.4 Å². The largest absolute Gasteiger partial charge is 0.462 e. The van der Waals surface area contributed by atoms with Gasteiger partial charge in [0.1, 0.15) is 6.61 Å². The topological polar surface area (TPSA) is 72.8 Å². The lowest BCUT2D eigenvalue weighted by atomic mass is 10.0. The normalized spacial score (nSPS) is 12.9. The Bertz CT molecular complexity index is 1690. The summed E-state index contributed by atoms with van der Waals surface area (Å²) in [4.78, 5) is 24.7. The number of carbonyl (C=O) groups is 2. The van der Waals surface area contributed by atoms with Crippen LogP contribution in [-0.2, 0) is 19.1 Å². The zero-order valence-corrected chi connectivity index (χ0v) is 56.8. The summed E-state index contributed by atoms with van der Waals surface area (Å²) >= 11 is 0. The minimum Gasteiger partial charge on any atom is -0.462 e. The van der Waals surface area contributed by atoms with Crippen molar-refractivity contribution in [2.24, 2.45) is 0 Å². The molecule has 86 heavy (non-hydrogen) atoms. The lowest BCUT2D eigenvalue weighted by molar-refractivity contribution is -0.161. The minimum atomic E-state index is -0.778. The first-order valence-corrected chi connectivity index (χ1v) is 37.1. The Balaban J connectivity index is 3.45. The van der Waals surface area contributed by atoms with E-state index in [9.17, 15) is 14.7 Å². The van der Waals surface area contributed by atoms with Gasteiger partial charge in [-0.2, -0.15) is 0 Å². The second-order valence-electron chi connectivity index (χ2n) is 24.6. The molecule has 494 valence electrons. The molecular formula is C81H140O5. The number of carbonyl (C=O) groups excluding carboxylic acids is 2. The van der Waals surface area contributed by atoms with Crippen LogP contribution in [0.1, 0.15) is 361 Å². The average molecular weight is 1190 g/mol. The SMILES string of the molecule is CC/C=C\C/C=C\C/C=C\C/C=C\C/C=C\C/C=C\C/C=C\CCCCCCCCCCCCCCCCCCCC(=O)OC(CO)COC(=O)CCCCCCCCCCCCCCCCCCCC/C=C\C/C=C\C/C=C\CCCCCCC. The fourth-order valence-corrected chi connectivity index (χ4v) is 10.7. The van der Waals surface area contributed by atoms with E-state index in [2.05, 4.69) is 135 Å². The van der Waals surface area contributed by atoms with E-state index < -0.39 is 6.10 Å². The maximum atomic E-state index is 12.4. The average Bonchev–Trinajstić information content (AvgIpc) is 3.55. The van der Waals surface area contributed by atoms with Gasteiger partial charge in [-0.15, -0.1) is 0 Å². The second kappa shape index (κ2) is 75.5. The van der Waals surface area contributed by atoms with Crippen LogP contribution >= 0.6 is 0 Å². The van der Waals surface area contributed by atoms with Crippen LogP contribution in [0, 0.1) is 0 Å². The quantitative estimate of drug-likeness (QED) is 0.0373. The van der Waals surface area contributed by atoms with Crippen molar-refractivity contribution in [2.75, 3.05) is 13.2 Å². The molecule has 0 aromatic heterocycles. The number of esters is 2. The standard InChI is InChI=1S/C81H140O5/c1-3-5-7-9-11-13-15-17-19-21-23-25-27-29-31-33-35-37-38-39-40-41-42-44-46-48-50-52-54-56-58-60-62-64-66-68-70-72-74-76-81(84)86-79(77-82)78-85-80(83)75-73-71-69-67-65-63-61-59-57-55-53-51-49-47-45-43-36-34-32-30-28-26-24-22-20-18-16-14-12-10-8-6-4-2/h5,7,11,13,16-19,22-25,28-31,35,37,39-40,79,82H,3-4,6,8-10,12,14-15,20-21,26-27,32-34,36,38,41-78H2,1-2H3/b7-5-,13-11-,18-16-,19-17-,24-22-,25-23-,30-28-,31-29-,37-35-,40-39-. The van der Waals surface area contributed by atoms with Gasteiger partial charge < -0.3 is 14.6 Å². The number of hydrogen-bond acceptors (Lipinski definition) is 5. The highest BCUT2D eigenvalue weighted by Gasteiger charge is 2.16. The minimum absolute atomic E-state index is 0.0661. The fraction of sp³-hybridized carbons (Fsp3) is 0.728. The fourth-order valence-electron chi connectivity index (χ4n) is 10.7. The first-order valence-electron chi connectivity index (χ1n) is 37.1. The molecule has 0 saturated carbocycles. The summed E-state index contributed by atoms with van der Waals surface area (Å²) in [7, 11) is 0. The molecular weight excluding hydrogens is 1050 g/mol. The Morgan fingerprint density at radius 3 is 0.756 bits per heavy atom. The molecule has 0 aromatic rings. The van der Waals surface area contributed by atoms with Gasteiger partial charge in [-0.25, -0.2) is 0 Å². The summed E-state index contributed by atoms with van der Waals surface area (Å²) in [5.74, 6) is -0.578. The van der Waals surface area contributed by atoms with Crippen molar-refractivity contribution in [3.8, 4) is 0 Å². The molecule has 0 bridgehead atoms. The summed E-state index contributed by atoms with van der Waals surface area (Å²) in [6, 6.07) is 0. The van der Waals surface area contributed by atoms with Gasteiger partial charge in [0.25, 0.3) is 0 Å². The van der Waals surface area contributed by atoms with Crippen molar-refractivity contribution in [1.29, 1.82) is 0 Å². The van der Waals surface area contributed by atoms with Crippen molar-refractivity contribution in [3.63, 3.8) is 0 Å². The van der Waals surface area contributed by atoms with E-state index in [4.69, 9.17) is 9.47 Å². The van der Waals surface area contributed by atoms with Gasteiger partial charge in [-0.05, 0) is 109 Å². The van der Waals surface area contributed by atoms with E-state index in [1.165, 1.54) is 238 Å². The Hall–Kier alpha value is -3.70. The lowest BCUT2D eigenvalue weighted by Crippen LogP contribution is -2.28. The van der Waals surface area contributed by atoms with Crippen molar-refractivity contribution >= 4 is 11.9 Å². The Morgan fingerprint density at radius 2 is 0.500 bits per heavy atom. The molecule has 0 aliphatic carbocycles. The predicted octanol–water partition coefficient (Wildman–Crippen LogP) is 26.1. The maximum absolute atomic E-state index is 12.4. The molecule has 0 amide bonds. The molecule has 0 spiro atoms. The molecule has 0 heterocycles. The zero-order valence-electron chi connectivity index (χ0n) is 56.8. The smallest absolute Gasteiger partial charge is 0.306 e. The summed E-state index contributed by atoms with van der Waals surface area (Å²) < 4.78 is 10.8. The third-order valence-electron chi connectivity index (χ3n) is 16.2. The van der Waals surface area contributed by atoms with Crippen LogP contribution in [0.25, 0.3) is 0 Å². The number of allylic oxidation sites excluding steroid dienone is 20. The molecule has 1 N–H and O–H groups in total. The number of aliphatic hydroxyl groups excluding tert-OH is 1. The van der Waals surface area contributed by atoms with E-state index in [1.807, 2.05) is 0 Å². The number of ether oxygens (including phenoxy) is 2. The van der Waals surface area contributed by atoms with Crippen LogP contribution < -0.4 is 0 Å². The van der Waals surface area contributed by atoms with Gasteiger partial charge in [-0.1, -0.05) is 360 Å². The molecule has 0 fully saturated rings. The molecule has 1 unspecified atom stereocenters. The first kappa shape index (κ1) is 82.3. The number of hydrogen-bond donors (Lipinski definition) is 1. The number of unbranched alkanes of at least 4 members (excludes halogenated alkanes) is 40. The van der Waals surface area contributed by atoms with Crippen LogP contribution in [0.5, 0.6) is 0 Å². The molecule has 5 heteroatoms. The van der Waals surface area contributed by atoms with Crippen molar-refractivity contribution < 1.29 is 24.2 Å². The highest BCUT2D eigenvalue weighted by Crippen LogP contribution is 2.18. The maximum Gasteiger partial charge on any atom is 0.306 e. The predicted molar refractivity (Wildman–Crippen MR) is 380 cm³/mol. The van der Waals surface area contributed by atoms with Gasteiger partial charge in [0.05, 0.1) is 6.61 Å². The molecule has 0 rings (SSSR count). The van der Waals surface area contributed by atoms with Gasteiger partial charge in [0.2, 0.25) is 0 Å². The van der Waals surface area contributed by atoms with Crippen molar-refractivity contribution in [1.82, 2.24) is 0 Å². The van der Waals surface area contributed by atoms with Crippen molar-refractivity contribution in [3.05, 3.63) is 122 Å². The van der Waals surface area contributed by atoms with Gasteiger partial charge >= 0.3 is 11.9 Å². The van der Waals surface area contributed by atoms with Crippen LogP contribution in [0.15, 0.2) is 122 Å². The second-order valence-corrected chi connectivity index (χ2v) is 24.6. The summed E-state index contributed by atoms with van der Waals surface area (Å²) in [6.07, 6.45) is 111. The number of rotatable bonds is 68. The molecule has 0 aliphatic heterocycles. The van der Waals surface area contributed by atoms with E-state index >= 15 is 0 Å². The Kier molecular flexibility index (Phi) is 72.3. The lowest BCUT2D eigenvalue weighted by Gasteiger charge is -2.15. The third kappa shape index (κ3) is 72.8. The molecule has 0 radical (unpaired) electrons. The van der Waals surface area contributed by atoms with Crippen LogP contribution in [0.3, 0.4) is 0 Å². The van der Waals surface area contributed by atoms with E-state index in [1.54, 1.807) is 0 Å². The molecule has 5 nitrogen and oxygen atoms in total. The van der Waals surface area contributed by atoms with E-state index in [0.717, 1.165) is 96.3 Å². The van der Waals surface area contributed by atoms with E-state index in [0.29, 0.717) is 12.8 Å². The van der Waals surface area contributed by atoms with Gasteiger partial charge in [0.15, 0.2) is 6.10 Å². The zero-order chi connectivity index (χ0) is 61.9. The summed E-state index contributed by atoms with van der Waals surface area (Å²) in [5, 5.41) is 9.72. The Labute approximate surface area is 534 Å². The highest BCUT2D eigenvalue weighted by atomic mass is 16.6. The van der Waals surface area contributed by atoms with Crippen molar-refractivity contribution in [2.45, 2.75) is 367 Å². The highest BCUT2D eigenvalue weighted by molar-refractivity contribution is 5.70. The van der Waals surface area contributed by atoms with Gasteiger partial charge in [-0.3, -0.25) is 9.59 Å². The summed E-state index contributed by atoms with van der Waals surface area (Å²) in [6.45, 7) is 4.05. The van der Waals surface area contributed by atoms with E-state index in [-0.39, 0.29) is 25.2 Å². The molecule has 0 saturated heterocycles. The Morgan fingerprint density at radius 1 is 0.279 bits per heavy atom. The first-order chi connectivity index (χ1) is 42.6. The monoisotopic (exact) mass is 1190 g/mol. The molecule has 1 atom stereocenters. The van der Waals surface area contributed by atoms with Crippen LogP contribution in [0.4, 0.5) is 0 Å². The third-order valence-corrected chi connectivity index (χ3v) is 16.2. The number of aliphatic hydroxyl groups is 1. The molecule has 0 aliphatic rings. The van der Waals surface area contributed by atoms with Crippen LogP contribution in [0.2, 0.25) is 0 Å². The van der Waals surface area contributed by atoms with Gasteiger partial charge in [0, 0.05) is 12.8 Å². The molecule has 0 aromatic carbocycles.